The highest BCUT2D eigenvalue weighted by Gasteiger charge is 2.30. The zero-order chi connectivity index (χ0) is 19.1. The Labute approximate surface area is 152 Å². The number of nitrogens with one attached hydrogen (secondary N) is 1. The van der Waals surface area contributed by atoms with E-state index in [0.717, 1.165) is 28.6 Å². The third-order valence-corrected chi connectivity index (χ3v) is 4.70. The van der Waals surface area contributed by atoms with Crippen LogP contribution in [0, 0.1) is 13.8 Å². The van der Waals surface area contributed by atoms with Gasteiger partial charge in [0.2, 0.25) is 5.91 Å². The van der Waals surface area contributed by atoms with Gasteiger partial charge in [-0.1, -0.05) is 17.7 Å². The molecule has 0 bridgehead atoms. The molecule has 0 unspecified atom stereocenters. The number of carbonyl (C=O) groups is 1. The fraction of sp³-hybridized carbons (Fsp3) is 0.211. The first kappa shape index (κ1) is 18.3. The molecule has 1 heterocycles. The third-order valence-electron chi connectivity index (χ3n) is 4.12. The number of hydrogen-bond donors (Lipinski definition) is 1. The van der Waals surface area contributed by atoms with E-state index in [1.807, 2.05) is 13.8 Å². The molecule has 1 amide bonds. The lowest BCUT2D eigenvalue weighted by atomic mass is 10.0. The molecule has 0 saturated carbocycles. The minimum Gasteiger partial charge on any atom is -0.464 e. The van der Waals surface area contributed by atoms with E-state index in [4.69, 9.17) is 16.0 Å². The molecule has 0 spiro atoms. The Morgan fingerprint density at radius 2 is 1.96 bits per heavy atom. The number of benzene rings is 2. The standard InChI is InChI=1S/C19H15ClF3NO2/c1-10-6-15-17(11(2)18(10)20)12(9-26-15)7-16(25)24-14-5-3-4-13(8-14)19(21,22)23/h3-6,8-9H,7H2,1-2H3,(H,24,25). The van der Waals surface area contributed by atoms with E-state index in [9.17, 15) is 18.0 Å². The second kappa shape index (κ2) is 6.68. The molecule has 3 aromatic rings. The Morgan fingerprint density at radius 3 is 2.65 bits per heavy atom. The molecule has 1 N–H and O–H groups in total. The van der Waals surface area contributed by atoms with Crippen LogP contribution < -0.4 is 5.32 Å². The van der Waals surface area contributed by atoms with Gasteiger partial charge in [0.25, 0.3) is 0 Å². The first-order valence-electron chi connectivity index (χ1n) is 7.79. The molecule has 3 rings (SSSR count). The average Bonchev–Trinajstić information content (AvgIpc) is 2.94. The maximum Gasteiger partial charge on any atom is 0.416 e. The lowest BCUT2D eigenvalue weighted by Crippen LogP contribution is -2.15. The minimum atomic E-state index is -4.47. The summed E-state index contributed by atoms with van der Waals surface area (Å²) in [6, 6.07) is 6.30. The predicted octanol–water partition coefficient (Wildman–Crippen LogP) is 5.90. The van der Waals surface area contributed by atoms with Gasteiger partial charge in [0.15, 0.2) is 0 Å². The van der Waals surface area contributed by atoms with E-state index in [1.54, 1.807) is 6.07 Å². The Balaban J connectivity index is 1.83. The SMILES string of the molecule is Cc1cc2occ(CC(=O)Nc3cccc(C(F)(F)F)c3)c2c(C)c1Cl. The molecule has 0 aliphatic carbocycles. The number of alkyl halides is 3. The molecule has 136 valence electrons. The number of anilines is 1. The summed E-state index contributed by atoms with van der Waals surface area (Å²) < 4.78 is 43.8. The molecular formula is C19H15ClF3NO2. The molecule has 3 nitrogen and oxygen atoms in total. The first-order valence-corrected chi connectivity index (χ1v) is 8.17. The normalized spacial score (nSPS) is 11.8. The van der Waals surface area contributed by atoms with E-state index in [0.29, 0.717) is 16.2 Å². The monoisotopic (exact) mass is 381 g/mol. The van der Waals surface area contributed by atoms with E-state index in [-0.39, 0.29) is 12.1 Å². The van der Waals surface area contributed by atoms with Crippen molar-refractivity contribution in [3.05, 3.63) is 63.9 Å². The highest BCUT2D eigenvalue weighted by molar-refractivity contribution is 6.33. The molecule has 0 fully saturated rings. The Morgan fingerprint density at radius 1 is 1.23 bits per heavy atom. The van der Waals surface area contributed by atoms with Crippen molar-refractivity contribution in [1.82, 2.24) is 0 Å². The van der Waals surface area contributed by atoms with Crippen molar-refractivity contribution < 1.29 is 22.4 Å². The van der Waals surface area contributed by atoms with Crippen molar-refractivity contribution in [3.8, 4) is 0 Å². The lowest BCUT2D eigenvalue weighted by molar-refractivity contribution is -0.137. The molecule has 0 radical (unpaired) electrons. The second-order valence-electron chi connectivity index (χ2n) is 6.07. The number of aryl methyl sites for hydroxylation is 2. The summed E-state index contributed by atoms with van der Waals surface area (Å²) in [6.07, 6.45) is -3.03. The fourth-order valence-electron chi connectivity index (χ4n) is 2.89. The van der Waals surface area contributed by atoms with Crippen molar-refractivity contribution in [3.63, 3.8) is 0 Å². The summed E-state index contributed by atoms with van der Waals surface area (Å²) in [4.78, 5) is 12.3. The Kier molecular flexibility index (Phi) is 4.71. The Bertz CT molecular complexity index is 992. The largest absolute Gasteiger partial charge is 0.464 e. The van der Waals surface area contributed by atoms with Gasteiger partial charge in [0, 0.05) is 21.7 Å². The zero-order valence-electron chi connectivity index (χ0n) is 14.0. The fourth-order valence-corrected chi connectivity index (χ4v) is 3.04. The number of amides is 1. The van der Waals surface area contributed by atoms with Crippen molar-refractivity contribution in [2.75, 3.05) is 5.32 Å². The van der Waals surface area contributed by atoms with Crippen LogP contribution in [-0.4, -0.2) is 5.91 Å². The van der Waals surface area contributed by atoms with Gasteiger partial charge < -0.3 is 9.73 Å². The van der Waals surface area contributed by atoms with Crippen LogP contribution in [0.2, 0.25) is 5.02 Å². The van der Waals surface area contributed by atoms with Crippen LogP contribution in [0.25, 0.3) is 11.0 Å². The van der Waals surface area contributed by atoms with Crippen molar-refractivity contribution in [2.24, 2.45) is 0 Å². The third kappa shape index (κ3) is 3.55. The summed E-state index contributed by atoms with van der Waals surface area (Å²) in [7, 11) is 0. The summed E-state index contributed by atoms with van der Waals surface area (Å²) in [5, 5.41) is 3.83. The van der Waals surface area contributed by atoms with Gasteiger partial charge in [-0.2, -0.15) is 13.2 Å². The van der Waals surface area contributed by atoms with Crippen LogP contribution >= 0.6 is 11.6 Å². The smallest absolute Gasteiger partial charge is 0.416 e. The van der Waals surface area contributed by atoms with E-state index in [1.165, 1.54) is 18.4 Å². The summed E-state index contributed by atoms with van der Waals surface area (Å²) in [5.41, 5.74) is 2.18. The topological polar surface area (TPSA) is 42.2 Å². The van der Waals surface area contributed by atoms with Crippen LogP contribution in [0.15, 0.2) is 41.0 Å². The van der Waals surface area contributed by atoms with Gasteiger partial charge in [0.05, 0.1) is 18.2 Å². The molecule has 0 saturated heterocycles. The average molecular weight is 382 g/mol. The van der Waals surface area contributed by atoms with Crippen molar-refractivity contribution in [2.45, 2.75) is 26.4 Å². The van der Waals surface area contributed by atoms with Crippen LogP contribution in [-0.2, 0) is 17.4 Å². The molecule has 0 aliphatic rings. The zero-order valence-corrected chi connectivity index (χ0v) is 14.8. The van der Waals surface area contributed by atoms with E-state index < -0.39 is 17.6 Å². The number of fused-ring (bicyclic) bond motifs is 1. The van der Waals surface area contributed by atoms with Gasteiger partial charge in [-0.05, 0) is 49.2 Å². The maximum absolute atomic E-state index is 12.8. The molecule has 2 aromatic carbocycles. The van der Waals surface area contributed by atoms with Gasteiger partial charge in [-0.15, -0.1) is 0 Å². The molecule has 0 aliphatic heterocycles. The van der Waals surface area contributed by atoms with Gasteiger partial charge in [0.1, 0.15) is 5.58 Å². The van der Waals surface area contributed by atoms with Crippen LogP contribution in [0.3, 0.4) is 0 Å². The number of carbonyl (C=O) groups excluding carboxylic acids is 1. The van der Waals surface area contributed by atoms with E-state index in [2.05, 4.69) is 5.32 Å². The molecular weight excluding hydrogens is 367 g/mol. The van der Waals surface area contributed by atoms with Gasteiger partial charge in [-0.3, -0.25) is 4.79 Å². The Hall–Kier alpha value is -2.47. The predicted molar refractivity (Wildman–Crippen MR) is 94.5 cm³/mol. The first-order chi connectivity index (χ1) is 12.2. The number of furan rings is 1. The molecule has 1 aromatic heterocycles. The van der Waals surface area contributed by atoms with Crippen LogP contribution in [0.4, 0.5) is 18.9 Å². The highest BCUT2D eigenvalue weighted by atomic mass is 35.5. The summed E-state index contributed by atoms with van der Waals surface area (Å²) in [6.45, 7) is 3.69. The number of halogens is 4. The highest BCUT2D eigenvalue weighted by Crippen LogP contribution is 2.33. The second-order valence-corrected chi connectivity index (χ2v) is 6.45. The number of rotatable bonds is 3. The lowest BCUT2D eigenvalue weighted by Gasteiger charge is -2.10. The van der Waals surface area contributed by atoms with Crippen molar-refractivity contribution in [1.29, 1.82) is 0 Å². The van der Waals surface area contributed by atoms with Crippen molar-refractivity contribution >= 4 is 34.2 Å². The van der Waals surface area contributed by atoms with Crippen LogP contribution in [0.5, 0.6) is 0 Å². The van der Waals surface area contributed by atoms with E-state index >= 15 is 0 Å². The number of hydrogen-bond acceptors (Lipinski definition) is 2. The molecule has 7 heteroatoms. The summed E-state index contributed by atoms with van der Waals surface area (Å²) >= 11 is 6.26. The molecule has 0 atom stereocenters. The van der Waals surface area contributed by atoms with Gasteiger partial charge in [-0.25, -0.2) is 0 Å². The molecule has 26 heavy (non-hydrogen) atoms. The van der Waals surface area contributed by atoms with Gasteiger partial charge >= 0.3 is 6.18 Å². The van der Waals surface area contributed by atoms with Crippen LogP contribution in [0.1, 0.15) is 22.3 Å². The maximum atomic E-state index is 12.8. The minimum absolute atomic E-state index is 0.0382. The summed E-state index contributed by atoms with van der Waals surface area (Å²) in [5.74, 6) is -0.442. The quantitative estimate of drug-likeness (QED) is 0.613.